The molecular weight excluding hydrogens is 310 g/mol. The van der Waals surface area contributed by atoms with Crippen LogP contribution in [-0.2, 0) is 13.1 Å². The van der Waals surface area contributed by atoms with Gasteiger partial charge in [-0.3, -0.25) is 4.99 Å². The molecule has 3 aromatic rings. The second-order valence-electron chi connectivity index (χ2n) is 6.14. The summed E-state index contributed by atoms with van der Waals surface area (Å²) in [7, 11) is 1.79. The van der Waals surface area contributed by atoms with Crippen molar-refractivity contribution in [2.45, 2.75) is 26.9 Å². The number of para-hydroxylation sites is 2. The molecule has 5 nitrogen and oxygen atoms in total. The molecule has 0 aliphatic rings. The van der Waals surface area contributed by atoms with E-state index >= 15 is 0 Å². The SMILES string of the molecule is CN=C(NCCn1c(C)nc2ccccc21)NCc1ccc(C)cc1. The molecule has 3 rings (SSSR count). The first kappa shape index (κ1) is 17.0. The molecule has 0 spiro atoms. The van der Waals surface area contributed by atoms with Crippen LogP contribution in [0.5, 0.6) is 0 Å². The van der Waals surface area contributed by atoms with Gasteiger partial charge in [0.2, 0.25) is 0 Å². The van der Waals surface area contributed by atoms with E-state index < -0.39 is 0 Å². The Morgan fingerprint density at radius 3 is 2.56 bits per heavy atom. The Morgan fingerprint density at radius 1 is 1.04 bits per heavy atom. The minimum absolute atomic E-state index is 0.757. The number of fused-ring (bicyclic) bond motifs is 1. The van der Waals surface area contributed by atoms with Gasteiger partial charge in [-0.25, -0.2) is 4.98 Å². The van der Waals surface area contributed by atoms with Gasteiger partial charge in [0.05, 0.1) is 11.0 Å². The topological polar surface area (TPSA) is 54.2 Å². The lowest BCUT2D eigenvalue weighted by Gasteiger charge is -2.13. The molecule has 2 N–H and O–H groups in total. The van der Waals surface area contributed by atoms with Crippen molar-refractivity contribution in [1.82, 2.24) is 20.2 Å². The third-order valence-electron chi connectivity index (χ3n) is 4.28. The number of nitrogens with one attached hydrogen (secondary N) is 2. The van der Waals surface area contributed by atoms with Crippen LogP contribution in [0.3, 0.4) is 0 Å². The van der Waals surface area contributed by atoms with Crippen LogP contribution in [0.15, 0.2) is 53.5 Å². The molecule has 1 aromatic heterocycles. The Kier molecular flexibility index (Phi) is 5.33. The Hall–Kier alpha value is -2.82. The van der Waals surface area contributed by atoms with Crippen LogP contribution >= 0.6 is 0 Å². The molecule has 25 heavy (non-hydrogen) atoms. The summed E-state index contributed by atoms with van der Waals surface area (Å²) in [5, 5.41) is 6.72. The molecule has 0 aliphatic heterocycles. The largest absolute Gasteiger partial charge is 0.355 e. The number of aromatic nitrogens is 2. The Bertz CT molecular complexity index is 861. The van der Waals surface area contributed by atoms with Crippen LogP contribution in [0.4, 0.5) is 0 Å². The van der Waals surface area contributed by atoms with E-state index in [2.05, 4.69) is 68.5 Å². The van der Waals surface area contributed by atoms with Crippen molar-refractivity contribution < 1.29 is 0 Å². The van der Waals surface area contributed by atoms with E-state index in [4.69, 9.17) is 0 Å². The molecule has 0 bridgehead atoms. The molecule has 0 saturated carbocycles. The van der Waals surface area contributed by atoms with Crippen LogP contribution in [0, 0.1) is 13.8 Å². The van der Waals surface area contributed by atoms with E-state index in [9.17, 15) is 0 Å². The van der Waals surface area contributed by atoms with Crippen LogP contribution in [0.25, 0.3) is 11.0 Å². The van der Waals surface area contributed by atoms with Crippen molar-refractivity contribution in [2.24, 2.45) is 4.99 Å². The van der Waals surface area contributed by atoms with Crippen molar-refractivity contribution in [3.8, 4) is 0 Å². The highest BCUT2D eigenvalue weighted by Crippen LogP contribution is 2.14. The summed E-state index contributed by atoms with van der Waals surface area (Å²) in [6.45, 7) is 6.53. The highest BCUT2D eigenvalue weighted by Gasteiger charge is 2.06. The lowest BCUT2D eigenvalue weighted by atomic mass is 10.1. The number of guanidine groups is 1. The van der Waals surface area contributed by atoms with Gasteiger partial charge in [0.15, 0.2) is 5.96 Å². The first-order valence-corrected chi connectivity index (χ1v) is 8.59. The van der Waals surface area contributed by atoms with Crippen molar-refractivity contribution in [3.63, 3.8) is 0 Å². The average molecular weight is 335 g/mol. The van der Waals surface area contributed by atoms with Gasteiger partial charge in [0.25, 0.3) is 0 Å². The fraction of sp³-hybridized carbons (Fsp3) is 0.300. The van der Waals surface area contributed by atoms with E-state index in [0.717, 1.165) is 36.9 Å². The van der Waals surface area contributed by atoms with Gasteiger partial charge in [-0.15, -0.1) is 0 Å². The van der Waals surface area contributed by atoms with E-state index in [0.29, 0.717) is 0 Å². The summed E-state index contributed by atoms with van der Waals surface area (Å²) in [6.07, 6.45) is 0. The third-order valence-corrected chi connectivity index (χ3v) is 4.28. The predicted molar refractivity (Wildman–Crippen MR) is 104 cm³/mol. The van der Waals surface area contributed by atoms with Crippen LogP contribution in [-0.4, -0.2) is 29.1 Å². The molecule has 2 aromatic carbocycles. The van der Waals surface area contributed by atoms with Gasteiger partial charge in [-0.1, -0.05) is 42.0 Å². The first-order chi connectivity index (χ1) is 12.2. The number of imidazole rings is 1. The summed E-state index contributed by atoms with van der Waals surface area (Å²) in [5.74, 6) is 1.84. The second-order valence-corrected chi connectivity index (χ2v) is 6.14. The molecule has 0 atom stereocenters. The Labute approximate surface area is 148 Å². The number of hydrogen-bond acceptors (Lipinski definition) is 2. The zero-order chi connectivity index (χ0) is 17.6. The van der Waals surface area contributed by atoms with Crippen molar-refractivity contribution in [3.05, 3.63) is 65.5 Å². The molecule has 0 fully saturated rings. The standard InChI is InChI=1S/C20H25N5/c1-15-8-10-17(11-9-15)14-23-20(21-3)22-12-13-25-16(2)24-18-6-4-5-7-19(18)25/h4-11H,12-14H2,1-3H3,(H2,21,22,23). The highest BCUT2D eigenvalue weighted by molar-refractivity contribution is 5.79. The third kappa shape index (κ3) is 4.18. The monoisotopic (exact) mass is 335 g/mol. The first-order valence-electron chi connectivity index (χ1n) is 8.59. The number of hydrogen-bond donors (Lipinski definition) is 2. The summed E-state index contributed by atoms with van der Waals surface area (Å²) in [4.78, 5) is 8.90. The maximum Gasteiger partial charge on any atom is 0.191 e. The van der Waals surface area contributed by atoms with Crippen LogP contribution in [0.1, 0.15) is 17.0 Å². The second kappa shape index (κ2) is 7.83. The fourth-order valence-electron chi connectivity index (χ4n) is 2.88. The predicted octanol–water partition coefficient (Wildman–Crippen LogP) is 3.02. The van der Waals surface area contributed by atoms with E-state index in [1.54, 1.807) is 7.05 Å². The summed E-state index contributed by atoms with van der Waals surface area (Å²) < 4.78 is 2.23. The minimum atomic E-state index is 0.757. The van der Waals surface area contributed by atoms with Crippen molar-refractivity contribution in [2.75, 3.05) is 13.6 Å². The van der Waals surface area contributed by atoms with Gasteiger partial charge >= 0.3 is 0 Å². The normalized spacial score (nSPS) is 11.7. The quantitative estimate of drug-likeness (QED) is 0.557. The van der Waals surface area contributed by atoms with Crippen LogP contribution < -0.4 is 10.6 Å². The highest BCUT2D eigenvalue weighted by atomic mass is 15.2. The van der Waals surface area contributed by atoms with E-state index in [1.165, 1.54) is 16.6 Å². The maximum atomic E-state index is 4.60. The minimum Gasteiger partial charge on any atom is -0.355 e. The number of aryl methyl sites for hydroxylation is 2. The lowest BCUT2D eigenvalue weighted by molar-refractivity contribution is 0.660. The number of nitrogens with zero attached hydrogens (tertiary/aromatic N) is 3. The fourth-order valence-corrected chi connectivity index (χ4v) is 2.88. The maximum absolute atomic E-state index is 4.60. The Morgan fingerprint density at radius 2 is 1.80 bits per heavy atom. The number of benzene rings is 2. The van der Waals surface area contributed by atoms with E-state index in [-0.39, 0.29) is 0 Å². The zero-order valence-corrected chi connectivity index (χ0v) is 15.1. The summed E-state index contributed by atoms with van der Waals surface area (Å²) >= 11 is 0. The molecule has 0 unspecified atom stereocenters. The van der Waals surface area contributed by atoms with Gasteiger partial charge in [-0.05, 0) is 31.5 Å². The van der Waals surface area contributed by atoms with Crippen molar-refractivity contribution >= 4 is 17.0 Å². The molecular formula is C20H25N5. The number of aliphatic imine (C=N–C) groups is 1. The molecule has 5 heteroatoms. The zero-order valence-electron chi connectivity index (χ0n) is 15.1. The van der Waals surface area contributed by atoms with Gasteiger partial charge in [0, 0.05) is 26.7 Å². The average Bonchev–Trinajstić information content (AvgIpc) is 2.95. The van der Waals surface area contributed by atoms with Gasteiger partial charge in [0.1, 0.15) is 5.82 Å². The molecule has 0 aliphatic carbocycles. The summed E-state index contributed by atoms with van der Waals surface area (Å²) in [5.41, 5.74) is 4.73. The molecule has 130 valence electrons. The summed E-state index contributed by atoms with van der Waals surface area (Å²) in [6, 6.07) is 16.8. The molecule has 0 saturated heterocycles. The number of rotatable bonds is 5. The van der Waals surface area contributed by atoms with Gasteiger partial charge < -0.3 is 15.2 Å². The Balaban J connectivity index is 1.54. The molecule has 0 radical (unpaired) electrons. The smallest absolute Gasteiger partial charge is 0.191 e. The van der Waals surface area contributed by atoms with E-state index in [1.807, 2.05) is 19.1 Å². The van der Waals surface area contributed by atoms with Crippen LogP contribution in [0.2, 0.25) is 0 Å². The molecule has 1 heterocycles. The van der Waals surface area contributed by atoms with Gasteiger partial charge in [-0.2, -0.15) is 0 Å². The van der Waals surface area contributed by atoms with Crippen molar-refractivity contribution in [1.29, 1.82) is 0 Å². The molecule has 0 amide bonds. The lowest BCUT2D eigenvalue weighted by Crippen LogP contribution is -2.38.